The van der Waals surface area contributed by atoms with E-state index in [0.29, 0.717) is 27.1 Å². The number of rotatable bonds is 6. The summed E-state index contributed by atoms with van der Waals surface area (Å²) < 4.78 is 22.8. The van der Waals surface area contributed by atoms with Crippen LogP contribution in [0.5, 0.6) is 17.2 Å². The molecular formula is C24H21BrO6. The van der Waals surface area contributed by atoms with Crippen molar-refractivity contribution in [3.05, 3.63) is 87.9 Å². The van der Waals surface area contributed by atoms with Gasteiger partial charge in [0.15, 0.2) is 5.41 Å². The smallest absolute Gasteiger partial charge is 0.327 e. The Hall–Kier alpha value is -3.03. The fraction of sp³-hybridized carbons (Fsp3) is 0.208. The molecule has 0 saturated heterocycles. The zero-order chi connectivity index (χ0) is 22.0. The molecular weight excluding hydrogens is 464 g/mol. The number of halogens is 1. The minimum atomic E-state index is -1.59. The van der Waals surface area contributed by atoms with Gasteiger partial charge in [-0.2, -0.15) is 0 Å². The van der Waals surface area contributed by atoms with E-state index >= 15 is 0 Å². The van der Waals surface area contributed by atoms with E-state index < -0.39 is 17.7 Å². The van der Waals surface area contributed by atoms with Crippen LogP contribution in [-0.2, 0) is 21.6 Å². The first-order valence-corrected chi connectivity index (χ1v) is 10.4. The van der Waals surface area contributed by atoms with E-state index in [1.54, 1.807) is 43.5 Å². The van der Waals surface area contributed by atoms with Gasteiger partial charge in [-0.15, -0.1) is 0 Å². The van der Waals surface area contributed by atoms with Gasteiger partial charge in [0.25, 0.3) is 0 Å². The molecule has 0 spiro atoms. The van der Waals surface area contributed by atoms with Crippen molar-refractivity contribution in [1.29, 1.82) is 0 Å². The van der Waals surface area contributed by atoms with Crippen molar-refractivity contribution in [2.45, 2.75) is 18.3 Å². The molecule has 0 aliphatic carbocycles. The van der Waals surface area contributed by atoms with Crippen LogP contribution < -0.4 is 14.2 Å². The molecule has 3 aromatic rings. The van der Waals surface area contributed by atoms with Gasteiger partial charge in [0.05, 0.1) is 18.7 Å². The standard InChI is InChI=1S/C24H21BrO6/c1-28-16-12-10-15(11-13-16)14-30-21-18(7-5-8-19(21)25)24(22(26)29-2)17-6-3-4-9-20(17)31-23(24)27/h3-13,23,27H,14H2,1-2H3. The van der Waals surface area contributed by atoms with Crippen LogP contribution in [0, 0.1) is 0 Å². The van der Waals surface area contributed by atoms with Crippen LogP contribution in [0.2, 0.25) is 0 Å². The van der Waals surface area contributed by atoms with Crippen molar-refractivity contribution in [3.8, 4) is 17.2 Å². The van der Waals surface area contributed by atoms with Gasteiger partial charge < -0.3 is 24.1 Å². The molecule has 0 aromatic heterocycles. The summed E-state index contributed by atoms with van der Waals surface area (Å²) in [5.74, 6) is 0.944. The zero-order valence-electron chi connectivity index (χ0n) is 17.0. The average Bonchev–Trinajstić information content (AvgIpc) is 3.10. The number of aliphatic hydroxyl groups excluding tert-OH is 1. The second kappa shape index (κ2) is 8.61. The summed E-state index contributed by atoms with van der Waals surface area (Å²) in [7, 11) is 2.89. The molecule has 1 aliphatic rings. The third-order valence-corrected chi connectivity index (χ3v) is 5.99. The van der Waals surface area contributed by atoms with Gasteiger partial charge in [0.1, 0.15) is 23.9 Å². The molecule has 7 heteroatoms. The topological polar surface area (TPSA) is 74.2 Å². The number of hydrogen-bond acceptors (Lipinski definition) is 6. The van der Waals surface area contributed by atoms with E-state index in [4.69, 9.17) is 18.9 Å². The van der Waals surface area contributed by atoms with E-state index in [1.807, 2.05) is 30.3 Å². The summed E-state index contributed by atoms with van der Waals surface area (Å²) >= 11 is 3.53. The Morgan fingerprint density at radius 2 is 1.74 bits per heavy atom. The monoisotopic (exact) mass is 484 g/mol. The summed E-state index contributed by atoms with van der Waals surface area (Å²) in [5, 5.41) is 11.0. The van der Waals surface area contributed by atoms with Crippen LogP contribution in [0.1, 0.15) is 16.7 Å². The first-order chi connectivity index (χ1) is 15.0. The van der Waals surface area contributed by atoms with Crippen LogP contribution in [0.25, 0.3) is 0 Å². The van der Waals surface area contributed by atoms with Gasteiger partial charge >= 0.3 is 5.97 Å². The van der Waals surface area contributed by atoms with E-state index in [-0.39, 0.29) is 6.61 Å². The Morgan fingerprint density at radius 1 is 1.03 bits per heavy atom. The highest BCUT2D eigenvalue weighted by atomic mass is 79.9. The lowest BCUT2D eigenvalue weighted by Crippen LogP contribution is -2.47. The summed E-state index contributed by atoms with van der Waals surface area (Å²) in [6, 6.07) is 19.8. The maximum atomic E-state index is 13.2. The highest BCUT2D eigenvalue weighted by Crippen LogP contribution is 2.51. The number of esters is 1. The van der Waals surface area contributed by atoms with Crippen LogP contribution >= 0.6 is 15.9 Å². The fourth-order valence-corrected chi connectivity index (χ4v) is 4.32. The largest absolute Gasteiger partial charge is 0.497 e. The summed E-state index contributed by atoms with van der Waals surface area (Å²) in [5.41, 5.74) is 0.282. The Labute approximate surface area is 188 Å². The molecule has 1 heterocycles. The van der Waals surface area contributed by atoms with Crippen LogP contribution in [0.3, 0.4) is 0 Å². The lowest BCUT2D eigenvalue weighted by molar-refractivity contribution is -0.156. The summed E-state index contributed by atoms with van der Waals surface area (Å²) in [6.07, 6.45) is -1.48. The number of carbonyl (C=O) groups is 1. The summed E-state index contributed by atoms with van der Waals surface area (Å²) in [4.78, 5) is 13.2. The van der Waals surface area contributed by atoms with Gasteiger partial charge in [-0.3, -0.25) is 4.79 Å². The zero-order valence-corrected chi connectivity index (χ0v) is 18.6. The van der Waals surface area contributed by atoms with Crippen molar-refractivity contribution in [1.82, 2.24) is 0 Å². The molecule has 160 valence electrons. The molecule has 0 bridgehead atoms. The van der Waals surface area contributed by atoms with E-state index in [1.165, 1.54) is 7.11 Å². The quantitative estimate of drug-likeness (QED) is 0.528. The number of fused-ring (bicyclic) bond motifs is 1. The molecule has 4 rings (SSSR count). The molecule has 2 atom stereocenters. The maximum absolute atomic E-state index is 13.2. The number of para-hydroxylation sites is 2. The third-order valence-electron chi connectivity index (χ3n) is 5.36. The molecule has 0 saturated carbocycles. The number of methoxy groups -OCH3 is 2. The van der Waals surface area contributed by atoms with Crippen LogP contribution in [0.4, 0.5) is 0 Å². The fourth-order valence-electron chi connectivity index (χ4n) is 3.84. The molecule has 6 nitrogen and oxygen atoms in total. The Bertz CT molecular complexity index is 1100. The number of hydrogen-bond donors (Lipinski definition) is 1. The maximum Gasteiger partial charge on any atom is 0.327 e. The molecule has 0 radical (unpaired) electrons. The number of aliphatic hydroxyl groups is 1. The minimum Gasteiger partial charge on any atom is -0.497 e. The third kappa shape index (κ3) is 3.54. The highest BCUT2D eigenvalue weighted by Gasteiger charge is 2.58. The van der Waals surface area contributed by atoms with E-state index in [2.05, 4.69) is 15.9 Å². The lowest BCUT2D eigenvalue weighted by Gasteiger charge is -2.31. The molecule has 2 unspecified atom stereocenters. The van der Waals surface area contributed by atoms with E-state index in [9.17, 15) is 9.90 Å². The van der Waals surface area contributed by atoms with Crippen molar-refractivity contribution in [3.63, 3.8) is 0 Å². The first-order valence-electron chi connectivity index (χ1n) is 9.59. The normalized spacial score (nSPS) is 19.3. The van der Waals surface area contributed by atoms with Gasteiger partial charge in [0.2, 0.25) is 6.29 Å². The lowest BCUT2D eigenvalue weighted by atomic mass is 9.74. The second-order valence-corrected chi connectivity index (χ2v) is 7.87. The van der Waals surface area contributed by atoms with Crippen LogP contribution in [0.15, 0.2) is 71.2 Å². The number of carbonyl (C=O) groups excluding carboxylic acids is 1. The van der Waals surface area contributed by atoms with Crippen molar-refractivity contribution >= 4 is 21.9 Å². The van der Waals surface area contributed by atoms with Crippen molar-refractivity contribution in [2.75, 3.05) is 14.2 Å². The van der Waals surface area contributed by atoms with Gasteiger partial charge in [0, 0.05) is 11.1 Å². The molecule has 31 heavy (non-hydrogen) atoms. The van der Waals surface area contributed by atoms with Gasteiger partial charge in [-0.05, 0) is 45.8 Å². The summed E-state index contributed by atoms with van der Waals surface area (Å²) in [6.45, 7) is 0.245. The van der Waals surface area contributed by atoms with Crippen molar-refractivity contribution < 1.29 is 28.8 Å². The van der Waals surface area contributed by atoms with Crippen molar-refractivity contribution in [2.24, 2.45) is 0 Å². The predicted octanol–water partition coefficient (Wildman–Crippen LogP) is 4.21. The van der Waals surface area contributed by atoms with Crippen LogP contribution in [-0.4, -0.2) is 31.6 Å². The average molecular weight is 485 g/mol. The van der Waals surface area contributed by atoms with E-state index in [0.717, 1.165) is 11.3 Å². The Kier molecular flexibility index (Phi) is 5.89. The molecule has 3 aromatic carbocycles. The SMILES string of the molecule is COC(=O)C1(c2cccc(Br)c2OCc2ccc(OC)cc2)c2ccccc2OC1O. The first kappa shape index (κ1) is 21.2. The molecule has 0 amide bonds. The Morgan fingerprint density at radius 3 is 2.45 bits per heavy atom. The minimum absolute atomic E-state index is 0.245. The van der Waals surface area contributed by atoms with Gasteiger partial charge in [-0.25, -0.2) is 0 Å². The number of ether oxygens (including phenoxy) is 4. The number of benzene rings is 3. The molecule has 1 aliphatic heterocycles. The highest BCUT2D eigenvalue weighted by molar-refractivity contribution is 9.10. The van der Waals surface area contributed by atoms with Gasteiger partial charge in [-0.1, -0.05) is 42.5 Å². The molecule has 0 fully saturated rings. The second-order valence-electron chi connectivity index (χ2n) is 7.02. The molecule has 1 N–H and O–H groups in total. The Balaban J connectivity index is 1.81. The predicted molar refractivity (Wildman–Crippen MR) is 117 cm³/mol.